The quantitative estimate of drug-likeness (QED) is 0.275. The molecule has 9 nitrogen and oxygen atoms in total. The van der Waals surface area contributed by atoms with Gasteiger partial charge in [0.2, 0.25) is 0 Å². The molecule has 11 heteroatoms. The van der Waals surface area contributed by atoms with Gasteiger partial charge in [-0.2, -0.15) is 8.42 Å². The summed E-state index contributed by atoms with van der Waals surface area (Å²) in [6.07, 6.45) is 1.14. The van der Waals surface area contributed by atoms with Gasteiger partial charge in [0.05, 0.1) is 6.61 Å². The summed E-state index contributed by atoms with van der Waals surface area (Å²) in [7, 11) is -4.05. The Morgan fingerprint density at radius 2 is 1.50 bits per heavy atom. The summed E-state index contributed by atoms with van der Waals surface area (Å²) in [5.74, 6) is -2.55. The number of carboxylic acids is 1. The number of hydrogen-bond donors (Lipinski definition) is 2. The Morgan fingerprint density at radius 1 is 1.08 bits per heavy atom. The fraction of sp³-hybridized carbons (Fsp3) is 0.400. The molecule has 0 aromatic rings. The van der Waals surface area contributed by atoms with E-state index in [-0.39, 0.29) is 53.3 Å². The number of aliphatic carboxylic acids is 1. The van der Waals surface area contributed by atoms with E-state index in [1.807, 2.05) is 0 Å². The molecule has 0 atom stereocenters. The summed E-state index contributed by atoms with van der Waals surface area (Å²) in [6, 6.07) is 0. The molecule has 1 radical (unpaired) electrons. The Kier molecular flexibility index (Phi) is 22.7. The topological polar surface area (TPSA) is 144 Å². The Labute approximate surface area is 175 Å². The average molecular weight is 403 g/mol. The summed E-state index contributed by atoms with van der Waals surface area (Å²) in [4.78, 5) is 30.3. The van der Waals surface area contributed by atoms with Crippen molar-refractivity contribution in [1.82, 2.24) is 0 Å². The smallest absolute Gasteiger partial charge is 0.333 e. The van der Waals surface area contributed by atoms with Crippen LogP contribution in [0, 0.1) is 0 Å². The first-order valence-corrected chi connectivity index (χ1v) is 8.35. The van der Waals surface area contributed by atoms with Gasteiger partial charge in [0.15, 0.2) is 0 Å². The number of hydrogen-bond acceptors (Lipinski definition) is 7. The van der Waals surface area contributed by atoms with Crippen molar-refractivity contribution < 1.29 is 41.9 Å². The van der Waals surface area contributed by atoms with Gasteiger partial charge in [0, 0.05) is 46.8 Å². The largest absolute Gasteiger partial charge is 0.478 e. The first-order chi connectivity index (χ1) is 11.3. The summed E-state index contributed by atoms with van der Waals surface area (Å²) in [5.41, 5.74) is 0.361. The standard InChI is InChI=1S/C6H10O5S.C5H8O2.C4H6O2.Na/c1-5(2)6(7)11-3-4-12(8,9)10;1-3-5(6)7-4-2;1-3(2)4(5)6;/h1,3-4H2,2H3,(H,8,9,10);3H,1,4H2,2H3;1H2,2H3,(H,5,6);. The van der Waals surface area contributed by atoms with Crippen molar-refractivity contribution in [2.45, 2.75) is 20.8 Å². The van der Waals surface area contributed by atoms with Gasteiger partial charge < -0.3 is 14.6 Å². The van der Waals surface area contributed by atoms with Crippen molar-refractivity contribution in [2.75, 3.05) is 19.0 Å². The maximum absolute atomic E-state index is 10.6. The van der Waals surface area contributed by atoms with Gasteiger partial charge in [0.1, 0.15) is 12.4 Å². The summed E-state index contributed by atoms with van der Waals surface area (Å²) < 4.78 is 37.3. The van der Waals surface area contributed by atoms with Crippen LogP contribution in [0.3, 0.4) is 0 Å². The fourth-order valence-electron chi connectivity index (χ4n) is 0.564. The molecule has 0 heterocycles. The predicted molar refractivity (Wildman–Crippen MR) is 97.2 cm³/mol. The van der Waals surface area contributed by atoms with Crippen LogP contribution in [0.15, 0.2) is 37.0 Å². The number of esters is 2. The van der Waals surface area contributed by atoms with Crippen molar-refractivity contribution in [3.05, 3.63) is 37.0 Å². The number of carbonyl (C=O) groups excluding carboxylic acids is 2. The second-order valence-electron chi connectivity index (χ2n) is 4.24. The van der Waals surface area contributed by atoms with Gasteiger partial charge in [-0.1, -0.05) is 19.7 Å². The summed E-state index contributed by atoms with van der Waals surface area (Å²) in [5, 5.41) is 7.89. The SMILES string of the molecule is C=C(C)C(=O)O.C=C(C)C(=O)OCCS(=O)(=O)O.C=CC(=O)OCC.[Na]. The molecule has 0 rings (SSSR count). The Bertz CT molecular complexity index is 582. The van der Waals surface area contributed by atoms with Crippen molar-refractivity contribution in [3.63, 3.8) is 0 Å². The second kappa shape index (κ2) is 18.3. The zero-order valence-corrected chi connectivity index (χ0v) is 18.3. The van der Waals surface area contributed by atoms with Crippen molar-refractivity contribution in [1.29, 1.82) is 0 Å². The number of rotatable bonds is 7. The number of ether oxygens (including phenoxy) is 2. The van der Waals surface area contributed by atoms with Gasteiger partial charge in [-0.25, -0.2) is 14.4 Å². The minimum Gasteiger partial charge on any atom is -0.478 e. The van der Waals surface area contributed by atoms with Crippen LogP contribution in [0.2, 0.25) is 0 Å². The molecule has 0 aliphatic rings. The molecule has 0 aromatic heterocycles. The van der Waals surface area contributed by atoms with Crippen LogP contribution >= 0.6 is 0 Å². The molecule has 0 unspecified atom stereocenters. The molecule has 0 amide bonds. The van der Waals surface area contributed by atoms with Crippen LogP contribution in [0.4, 0.5) is 0 Å². The molecule has 0 spiro atoms. The van der Waals surface area contributed by atoms with Crippen molar-refractivity contribution in [3.8, 4) is 0 Å². The Balaban J connectivity index is -0.000000149. The second-order valence-corrected chi connectivity index (χ2v) is 5.82. The third kappa shape index (κ3) is 30.4. The minimum absolute atomic E-state index is 0. The van der Waals surface area contributed by atoms with E-state index in [0.29, 0.717) is 6.61 Å². The number of carbonyl (C=O) groups is 3. The molecule has 0 saturated heterocycles. The van der Waals surface area contributed by atoms with E-state index in [0.717, 1.165) is 6.08 Å². The van der Waals surface area contributed by atoms with Crippen LogP contribution in [-0.2, 0) is 34.0 Å². The molecule has 0 fully saturated rings. The summed E-state index contributed by atoms with van der Waals surface area (Å²) in [6.45, 7) is 14.3. The van der Waals surface area contributed by atoms with E-state index in [1.165, 1.54) is 13.8 Å². The maximum atomic E-state index is 10.6. The zero-order valence-electron chi connectivity index (χ0n) is 15.5. The molecule has 0 aliphatic carbocycles. The molecule has 145 valence electrons. The third-order valence-electron chi connectivity index (χ3n) is 1.74. The molecule has 0 bridgehead atoms. The average Bonchev–Trinajstić information content (AvgIpc) is 2.47. The van der Waals surface area contributed by atoms with E-state index in [4.69, 9.17) is 9.66 Å². The van der Waals surface area contributed by atoms with Gasteiger partial charge in [0.25, 0.3) is 10.1 Å². The molecular weight excluding hydrogens is 379 g/mol. The summed E-state index contributed by atoms with van der Waals surface area (Å²) >= 11 is 0. The van der Waals surface area contributed by atoms with Crippen LogP contribution in [0.25, 0.3) is 0 Å². The van der Waals surface area contributed by atoms with E-state index >= 15 is 0 Å². The number of carboxylic acid groups (broad SMARTS) is 1. The molecule has 2 N–H and O–H groups in total. The normalized spacial score (nSPS) is 8.77. The predicted octanol–water partition coefficient (Wildman–Crippen LogP) is 0.995. The van der Waals surface area contributed by atoms with E-state index in [1.54, 1.807) is 6.92 Å². The van der Waals surface area contributed by atoms with Gasteiger partial charge in [-0.15, -0.1) is 0 Å². The minimum atomic E-state index is -4.05. The van der Waals surface area contributed by atoms with Crippen molar-refractivity contribution in [2.24, 2.45) is 0 Å². The Hall–Kier alpha value is -1.46. The molecule has 0 aromatic carbocycles. The van der Waals surface area contributed by atoms with Crippen LogP contribution < -0.4 is 0 Å². The zero-order chi connectivity index (χ0) is 20.6. The first-order valence-electron chi connectivity index (χ1n) is 6.74. The van der Waals surface area contributed by atoms with Crippen LogP contribution in [-0.4, -0.2) is 84.5 Å². The van der Waals surface area contributed by atoms with Gasteiger partial charge >= 0.3 is 17.9 Å². The van der Waals surface area contributed by atoms with Gasteiger partial charge in [-0.05, 0) is 20.8 Å². The third-order valence-corrected chi connectivity index (χ3v) is 2.42. The van der Waals surface area contributed by atoms with E-state index in [9.17, 15) is 22.8 Å². The maximum Gasteiger partial charge on any atom is 0.333 e. The van der Waals surface area contributed by atoms with E-state index in [2.05, 4.69) is 29.2 Å². The van der Waals surface area contributed by atoms with Gasteiger partial charge in [-0.3, -0.25) is 4.55 Å². The molecule has 26 heavy (non-hydrogen) atoms. The van der Waals surface area contributed by atoms with E-state index < -0.39 is 27.8 Å². The Morgan fingerprint density at radius 3 is 1.69 bits per heavy atom. The monoisotopic (exact) mass is 403 g/mol. The van der Waals surface area contributed by atoms with Crippen LogP contribution in [0.1, 0.15) is 20.8 Å². The first kappa shape index (κ1) is 32.2. The molecule has 0 aliphatic heterocycles. The fourth-order valence-corrected chi connectivity index (χ4v) is 0.858. The molecule has 0 saturated carbocycles. The molecular formula is C15H24NaO9S. The van der Waals surface area contributed by atoms with Crippen molar-refractivity contribution >= 4 is 57.6 Å². The van der Waals surface area contributed by atoms with Crippen LogP contribution in [0.5, 0.6) is 0 Å².